The Morgan fingerprint density at radius 2 is 0.574 bits per heavy atom. The van der Waals surface area contributed by atoms with E-state index in [1.165, 1.54) is 13.8 Å². The number of pyridine rings is 7. The van der Waals surface area contributed by atoms with Gasteiger partial charge in [-0.2, -0.15) is 0 Å². The minimum Gasteiger partial charge on any atom is -0.447 e. The summed E-state index contributed by atoms with van der Waals surface area (Å²) in [7, 11) is 0. The van der Waals surface area contributed by atoms with E-state index >= 15 is 0 Å². The van der Waals surface area contributed by atoms with E-state index in [1.54, 1.807) is 69.6 Å². The van der Waals surface area contributed by atoms with Crippen LogP contribution in [0, 0.1) is 6.92 Å². The van der Waals surface area contributed by atoms with Crippen molar-refractivity contribution in [2.24, 2.45) is 0 Å². The topological polar surface area (TPSA) is 338 Å². The van der Waals surface area contributed by atoms with Crippen LogP contribution in [0.2, 0.25) is 0 Å². The molecule has 0 fully saturated rings. The number of aryl methyl sites for hydroxylation is 1. The minimum absolute atomic E-state index is 0.151. The van der Waals surface area contributed by atoms with Crippen molar-refractivity contribution >= 4 is 101 Å². The van der Waals surface area contributed by atoms with Crippen LogP contribution in [0.1, 0.15) is 55.9 Å². The number of nitrogens with zero attached hydrogens (tertiary/aromatic N) is 15. The first-order chi connectivity index (χ1) is 66.7. The number of hydrogen-bond donors (Lipinski definition) is 7. The third-order valence-corrected chi connectivity index (χ3v) is 21.8. The van der Waals surface area contributed by atoms with Gasteiger partial charge in [-0.15, -0.1) is 40.8 Å². The van der Waals surface area contributed by atoms with Crippen molar-refractivity contribution < 1.29 is 19.1 Å². The molecular weight excluding hydrogens is 1690 g/mol. The predicted molar refractivity (Wildman–Crippen MR) is 540 cm³/mol. The van der Waals surface area contributed by atoms with Crippen LogP contribution in [0.25, 0.3) is 133 Å². The molecule has 3 amide bonds. The number of ether oxygens (including phenoxy) is 1. The van der Waals surface area contributed by atoms with E-state index in [4.69, 9.17) is 4.74 Å². The lowest BCUT2D eigenvalue weighted by Gasteiger charge is -2.15. The summed E-state index contributed by atoms with van der Waals surface area (Å²) < 4.78 is 5.19. The third-order valence-electron chi connectivity index (χ3n) is 21.8. The Balaban J connectivity index is 0.000000126. The molecule has 26 heteroatoms. The van der Waals surface area contributed by atoms with E-state index < -0.39 is 6.09 Å². The van der Waals surface area contributed by atoms with E-state index in [0.29, 0.717) is 77.8 Å². The highest BCUT2D eigenvalue weighted by atomic mass is 16.6. The highest BCUT2D eigenvalue weighted by Gasteiger charge is 2.23. The number of aromatic nitrogens is 15. The molecule has 7 N–H and O–H groups in total. The van der Waals surface area contributed by atoms with Gasteiger partial charge in [0.1, 0.15) is 22.8 Å². The van der Waals surface area contributed by atoms with E-state index in [-0.39, 0.29) is 17.9 Å². The summed E-state index contributed by atoms with van der Waals surface area (Å²) >= 11 is 0. The van der Waals surface area contributed by atoms with Crippen molar-refractivity contribution in [3.05, 3.63) is 400 Å². The van der Waals surface area contributed by atoms with Crippen LogP contribution in [0.4, 0.5) is 45.1 Å². The van der Waals surface area contributed by atoms with Gasteiger partial charge in [-0.05, 0) is 137 Å². The molecule has 9 aromatic carbocycles. The van der Waals surface area contributed by atoms with E-state index in [0.717, 1.165) is 150 Å². The number of carbonyl (C=O) groups excluding carboxylic acids is 3. The zero-order valence-corrected chi connectivity index (χ0v) is 75.0. The Kier molecular flexibility index (Phi) is 28.7. The first-order valence-corrected chi connectivity index (χ1v) is 44.1. The lowest BCUT2D eigenvalue weighted by Crippen LogP contribution is -2.18. The van der Waals surface area contributed by atoms with Gasteiger partial charge in [0.2, 0.25) is 11.8 Å². The van der Waals surface area contributed by atoms with Crippen molar-refractivity contribution in [3.8, 4) is 89.5 Å². The molecule has 26 nitrogen and oxygen atoms in total. The zero-order chi connectivity index (χ0) is 93.3. The van der Waals surface area contributed by atoms with Crippen LogP contribution < -0.4 is 37.2 Å². The molecule has 11 heterocycles. The van der Waals surface area contributed by atoms with Crippen molar-refractivity contribution in [2.75, 3.05) is 37.2 Å². The smallest absolute Gasteiger partial charge is 0.411 e. The maximum Gasteiger partial charge on any atom is 0.411 e. The van der Waals surface area contributed by atoms with Gasteiger partial charge >= 0.3 is 6.09 Å². The van der Waals surface area contributed by atoms with Crippen molar-refractivity contribution in [1.82, 2.24) is 75.7 Å². The van der Waals surface area contributed by atoms with Gasteiger partial charge in [0.15, 0.2) is 23.3 Å². The molecule has 0 atom stereocenters. The molecule has 666 valence electrons. The summed E-state index contributed by atoms with van der Waals surface area (Å²) in [6.07, 6.45) is 18.2. The second-order valence-electron chi connectivity index (χ2n) is 31.9. The number of rotatable bonds is 24. The number of nitrogens with one attached hydrogen (secondary N) is 7. The van der Waals surface area contributed by atoms with Crippen LogP contribution in [0.15, 0.2) is 371 Å². The number of anilines is 7. The van der Waals surface area contributed by atoms with Crippen molar-refractivity contribution in [3.63, 3.8) is 0 Å². The molecule has 20 aromatic rings. The largest absolute Gasteiger partial charge is 0.447 e. The monoisotopic (exact) mass is 1780 g/mol. The third kappa shape index (κ3) is 22.3. The van der Waals surface area contributed by atoms with Gasteiger partial charge < -0.3 is 36.6 Å². The lowest BCUT2D eigenvalue weighted by molar-refractivity contribution is -0.115. The van der Waals surface area contributed by atoms with Gasteiger partial charge in [0.25, 0.3) is 0 Å². The highest BCUT2D eigenvalue weighted by molar-refractivity contribution is 6.12. The average molecular weight is 1790 g/mol. The molecule has 0 radical (unpaired) electrons. The maximum atomic E-state index is 12.1. The molecule has 0 spiro atoms. The first kappa shape index (κ1) is 89.8. The van der Waals surface area contributed by atoms with Crippen LogP contribution >= 0.6 is 0 Å². The summed E-state index contributed by atoms with van der Waals surface area (Å²) in [5.74, 6) is 2.48. The van der Waals surface area contributed by atoms with Gasteiger partial charge in [0.05, 0.1) is 78.5 Å². The Bertz CT molecular complexity index is 7340. The van der Waals surface area contributed by atoms with E-state index in [2.05, 4.69) is 228 Å². The SMILES string of the molecule is CC(=O)Nc1cncc(-c2nnc(NCc3ccccc3)c3c(-c4ccccc4)cccc23)c1.CC(=O)Nc1cncc(-c2nnc(NCc3ccccn3)c3c(-c4ccccc4)cccc23)c1.CC(C)OC(=O)Nc1cncc(-c2nnc(NCc3ccccn3)c3c(-c4ccccc4)cccc23)c1.Cc1cncc(-c2nnc(NCc3ccccn3)c3c(-c4ccccc4)cccc23)c1. The molecule has 0 saturated heterocycles. The molecule has 20 rings (SSSR count). The molecule has 136 heavy (non-hydrogen) atoms. The van der Waals surface area contributed by atoms with E-state index in [1.807, 2.05) is 207 Å². The zero-order valence-electron chi connectivity index (χ0n) is 75.0. The maximum absolute atomic E-state index is 12.1. The average Bonchev–Trinajstić information content (AvgIpc) is 0.779. The van der Waals surface area contributed by atoms with Crippen LogP contribution in [-0.2, 0) is 40.5 Å². The summed E-state index contributed by atoms with van der Waals surface area (Å²) in [6, 6.07) is 101. The summed E-state index contributed by atoms with van der Waals surface area (Å²) in [6.45, 7) is 10.8. The first-order valence-electron chi connectivity index (χ1n) is 44.1. The highest BCUT2D eigenvalue weighted by Crippen LogP contribution is 2.43. The number of amides is 3. The normalized spacial score (nSPS) is 10.8. The van der Waals surface area contributed by atoms with Crippen molar-refractivity contribution in [2.45, 2.75) is 66.9 Å². The molecule has 0 aliphatic rings. The number of benzene rings is 9. The Morgan fingerprint density at radius 3 is 0.868 bits per heavy atom. The second kappa shape index (κ2) is 43.5. The molecule has 0 unspecified atom stereocenters. The molecule has 0 aliphatic heterocycles. The molecule has 0 saturated carbocycles. The molecule has 0 bridgehead atoms. The Hall–Kier alpha value is -18.2. The summed E-state index contributed by atoms with van der Waals surface area (Å²) in [5.41, 5.74) is 21.5. The van der Waals surface area contributed by atoms with Crippen LogP contribution in [0.3, 0.4) is 0 Å². The quantitative estimate of drug-likeness (QED) is 0.0295. The fraction of sp³-hybridized carbons (Fsp3) is 0.0909. The standard InChI is InChI=1S/C29H26N6O2.C28H23N5O.C27H22N6O.C26H21N5/c1-19(2)37-29(36)33-23-15-21(16-30-17-23)27-25-13-8-12-24(20-9-4-3-5-10-20)26(25)28(35-34-27)32-18-22-11-6-7-14-31-22;1-19(34)31-23-15-22(17-29-18-23)27-25-14-8-13-24(21-11-6-3-7-12-21)26(25)28(33-32-27)30-16-20-9-4-2-5-10-20;1-18(34)31-22-14-20(15-28-16-22)26-24-12-7-11-23(19-8-3-2-4-9-19)25(24)27(33-32-26)30-17-21-10-5-6-13-29-21;1-18-14-20(16-27-15-18)25-23-12-7-11-22(19-8-3-2-4-9-19)24(23)26(31-30-25)29-17-21-10-5-6-13-28-21/h3-17,19H,18H2,1-2H3,(H,32,35)(H,33,36);2-15,17-18H,16H2,1H3,(H,30,33)(H,31,34);2-16H,17H2,1H3,(H,30,33)(H,31,34);2-16H,17H2,1H3,(H,29,31). The Morgan fingerprint density at radius 1 is 0.287 bits per heavy atom. The van der Waals surface area contributed by atoms with Crippen LogP contribution in [-0.4, -0.2) is 99.7 Å². The molecule has 0 aliphatic carbocycles. The number of hydrogen-bond acceptors (Lipinski definition) is 23. The van der Waals surface area contributed by atoms with Gasteiger partial charge in [-0.3, -0.25) is 49.8 Å². The van der Waals surface area contributed by atoms with Gasteiger partial charge in [0, 0.05) is 135 Å². The van der Waals surface area contributed by atoms with Gasteiger partial charge in [-0.25, -0.2) is 4.79 Å². The lowest BCUT2D eigenvalue weighted by atomic mass is 9.96. The fourth-order valence-corrected chi connectivity index (χ4v) is 15.8. The predicted octanol–water partition coefficient (Wildman–Crippen LogP) is 23.3. The summed E-state index contributed by atoms with van der Waals surface area (Å²) in [5, 5.41) is 66.5. The number of fused-ring (bicyclic) bond motifs is 4. The fourth-order valence-electron chi connectivity index (χ4n) is 15.8. The van der Waals surface area contributed by atoms with Gasteiger partial charge in [-0.1, -0.05) is 243 Å². The van der Waals surface area contributed by atoms with Crippen LogP contribution in [0.5, 0.6) is 0 Å². The number of carbonyl (C=O) groups is 3. The summed E-state index contributed by atoms with van der Waals surface area (Å²) in [4.78, 5) is 65.7. The minimum atomic E-state index is -0.537. The second-order valence-corrected chi connectivity index (χ2v) is 31.9. The molecule has 11 aromatic heterocycles. The molecular formula is C110H92N22O4. The van der Waals surface area contributed by atoms with E-state index in [9.17, 15) is 14.4 Å². The Labute approximate surface area is 784 Å². The van der Waals surface area contributed by atoms with Crippen molar-refractivity contribution in [1.29, 1.82) is 0 Å².